The molecule has 0 heterocycles. The van der Waals surface area contributed by atoms with Crippen molar-refractivity contribution < 1.29 is 23.6 Å². The normalized spacial score (nSPS) is 11.9. The lowest BCUT2D eigenvalue weighted by Gasteiger charge is -2.33. The molecule has 0 atom stereocenters. The molecule has 0 fully saturated rings. The van der Waals surface area contributed by atoms with E-state index in [2.05, 4.69) is 10.6 Å². The van der Waals surface area contributed by atoms with E-state index >= 15 is 0 Å². The molecule has 2 N–H and O–H groups in total. The van der Waals surface area contributed by atoms with E-state index in [0.717, 1.165) is 18.2 Å². The van der Waals surface area contributed by atoms with E-state index in [9.17, 15) is 24.1 Å². The van der Waals surface area contributed by atoms with Crippen LogP contribution in [-0.2, 0) is 9.53 Å². The minimum Gasteiger partial charge on any atom is -0.444 e. The Morgan fingerprint density at radius 2 is 1.86 bits per heavy atom. The van der Waals surface area contributed by atoms with Gasteiger partial charge in [-0.25, -0.2) is 9.18 Å². The second kappa shape index (κ2) is 9.99. The van der Waals surface area contributed by atoms with Gasteiger partial charge in [-0.3, -0.25) is 14.9 Å². The van der Waals surface area contributed by atoms with Crippen molar-refractivity contribution in [2.45, 2.75) is 58.6 Å². The molecule has 0 aromatic heterocycles. The smallest absolute Gasteiger partial charge is 0.407 e. The Bertz CT molecular complexity index is 783. The van der Waals surface area contributed by atoms with Gasteiger partial charge >= 0.3 is 6.09 Å². The molecule has 0 bridgehead atoms. The number of hydrogen-bond donors (Lipinski definition) is 2. The Balaban J connectivity index is 2.86. The van der Waals surface area contributed by atoms with Crippen molar-refractivity contribution in [2.75, 3.05) is 6.54 Å². The molecule has 0 radical (unpaired) electrons. The van der Waals surface area contributed by atoms with Gasteiger partial charge in [0, 0.05) is 12.6 Å². The van der Waals surface area contributed by atoms with Crippen LogP contribution >= 0.6 is 0 Å². The zero-order valence-electron chi connectivity index (χ0n) is 17.4. The molecule has 2 amide bonds. The number of amides is 2. The topological polar surface area (TPSA) is 111 Å². The number of nitrogens with one attached hydrogen (secondary N) is 2. The first kappa shape index (κ1) is 24.1. The number of carbonyl (C=O) groups excluding carboxylic acids is 2. The molecule has 8 nitrogen and oxygen atoms in total. The number of rotatable bonds is 8. The monoisotopic (exact) mass is 409 g/mol. The van der Waals surface area contributed by atoms with Crippen LogP contribution in [0.3, 0.4) is 0 Å². The third-order valence-electron chi connectivity index (χ3n) is 4.32. The molecule has 160 valence electrons. The van der Waals surface area contributed by atoms with Crippen molar-refractivity contribution in [3.63, 3.8) is 0 Å². The van der Waals surface area contributed by atoms with E-state index in [0.29, 0.717) is 12.8 Å². The van der Waals surface area contributed by atoms with Crippen LogP contribution in [0.4, 0.5) is 14.9 Å². The van der Waals surface area contributed by atoms with Crippen molar-refractivity contribution >= 4 is 23.8 Å². The number of nitro groups is 1. The van der Waals surface area contributed by atoms with Gasteiger partial charge in [0.05, 0.1) is 22.1 Å². The summed E-state index contributed by atoms with van der Waals surface area (Å²) >= 11 is 0. The highest BCUT2D eigenvalue weighted by atomic mass is 19.1. The molecule has 0 saturated heterocycles. The molecular formula is C20H28FN3O5. The summed E-state index contributed by atoms with van der Waals surface area (Å²) in [4.78, 5) is 34.6. The fraction of sp³-hybridized carbons (Fsp3) is 0.500. The highest BCUT2D eigenvalue weighted by Crippen LogP contribution is 2.21. The van der Waals surface area contributed by atoms with Crippen LogP contribution in [0.25, 0.3) is 6.08 Å². The molecule has 9 heteroatoms. The minimum atomic E-state index is -0.734. The largest absolute Gasteiger partial charge is 0.444 e. The summed E-state index contributed by atoms with van der Waals surface area (Å²) < 4.78 is 18.4. The molecule has 0 spiro atoms. The van der Waals surface area contributed by atoms with Crippen LogP contribution in [-0.4, -0.2) is 34.6 Å². The van der Waals surface area contributed by atoms with E-state index < -0.39 is 39.6 Å². The lowest BCUT2D eigenvalue weighted by Crippen LogP contribution is -2.55. The molecule has 29 heavy (non-hydrogen) atoms. The van der Waals surface area contributed by atoms with Crippen LogP contribution in [0.2, 0.25) is 0 Å². The van der Waals surface area contributed by atoms with Gasteiger partial charge in [-0.05, 0) is 51.8 Å². The van der Waals surface area contributed by atoms with E-state index in [1.54, 1.807) is 20.8 Å². The quantitative estimate of drug-likeness (QED) is 0.384. The summed E-state index contributed by atoms with van der Waals surface area (Å²) in [5.41, 5.74) is -1.68. The lowest BCUT2D eigenvalue weighted by molar-refractivity contribution is -0.385. The lowest BCUT2D eigenvalue weighted by atomic mass is 9.92. The fourth-order valence-electron chi connectivity index (χ4n) is 2.56. The molecule has 1 aromatic rings. The number of carbonyl (C=O) groups is 2. The zero-order valence-corrected chi connectivity index (χ0v) is 17.4. The molecule has 0 aliphatic rings. The second-order valence-corrected chi connectivity index (χ2v) is 7.63. The van der Waals surface area contributed by atoms with Gasteiger partial charge in [-0.2, -0.15) is 0 Å². The van der Waals surface area contributed by atoms with E-state index in [4.69, 9.17) is 4.74 Å². The first-order valence-electron chi connectivity index (χ1n) is 9.32. The molecule has 0 saturated carbocycles. The van der Waals surface area contributed by atoms with Gasteiger partial charge in [0.15, 0.2) is 0 Å². The summed E-state index contributed by atoms with van der Waals surface area (Å²) in [7, 11) is 0. The maximum Gasteiger partial charge on any atom is 0.407 e. The van der Waals surface area contributed by atoms with Gasteiger partial charge in [-0.15, -0.1) is 0 Å². The van der Waals surface area contributed by atoms with Gasteiger partial charge in [0.25, 0.3) is 5.69 Å². The van der Waals surface area contributed by atoms with E-state index in [1.165, 1.54) is 12.1 Å². The van der Waals surface area contributed by atoms with Crippen molar-refractivity contribution in [1.29, 1.82) is 0 Å². The first-order chi connectivity index (χ1) is 13.4. The van der Waals surface area contributed by atoms with Crippen molar-refractivity contribution in [3.8, 4) is 0 Å². The Morgan fingerprint density at radius 3 is 2.38 bits per heavy atom. The van der Waals surface area contributed by atoms with E-state index in [-0.39, 0.29) is 12.1 Å². The number of halogens is 1. The third kappa shape index (κ3) is 7.89. The predicted octanol–water partition coefficient (Wildman–Crippen LogP) is 3.95. The third-order valence-corrected chi connectivity index (χ3v) is 4.32. The van der Waals surface area contributed by atoms with Crippen molar-refractivity contribution in [3.05, 3.63) is 45.8 Å². The van der Waals surface area contributed by atoms with Crippen LogP contribution in [0, 0.1) is 15.9 Å². The SMILES string of the molecule is CCC(CC)(CNC(=O)OC(C)(C)C)NC(=O)/C=C/c1ccc(F)cc1[N+](=O)[O-]. The second-order valence-electron chi connectivity index (χ2n) is 7.63. The standard InChI is InChI=1S/C20H28FN3O5/c1-6-20(7-2,13-22-18(26)29-19(3,4)5)23-17(25)11-9-14-8-10-15(21)12-16(14)24(27)28/h8-12H,6-7,13H2,1-5H3,(H,22,26)(H,23,25)/b11-9+. The Kier molecular flexibility index (Phi) is 8.29. The first-order valence-corrected chi connectivity index (χ1v) is 9.32. The average Bonchev–Trinajstić information content (AvgIpc) is 2.62. The Hall–Kier alpha value is -2.97. The summed E-state index contributed by atoms with van der Waals surface area (Å²) in [6.07, 6.45) is 2.89. The molecule has 0 aliphatic heterocycles. The number of nitro benzene ring substituents is 1. The number of ether oxygens (including phenoxy) is 1. The molecule has 0 aliphatic carbocycles. The number of nitrogens with zero attached hydrogens (tertiary/aromatic N) is 1. The maximum absolute atomic E-state index is 13.2. The number of alkyl carbamates (subject to hydrolysis) is 1. The van der Waals surface area contributed by atoms with E-state index in [1.807, 2.05) is 13.8 Å². The van der Waals surface area contributed by atoms with Crippen LogP contribution in [0.1, 0.15) is 53.0 Å². The highest BCUT2D eigenvalue weighted by Gasteiger charge is 2.29. The Labute approximate surface area is 169 Å². The minimum absolute atomic E-state index is 0.108. The van der Waals surface area contributed by atoms with Crippen LogP contribution in [0.5, 0.6) is 0 Å². The summed E-state index contributed by atoms with van der Waals surface area (Å²) in [5.74, 6) is -1.22. The summed E-state index contributed by atoms with van der Waals surface area (Å²) in [6, 6.07) is 3.11. The van der Waals surface area contributed by atoms with Gasteiger partial charge in [-0.1, -0.05) is 13.8 Å². The highest BCUT2D eigenvalue weighted by molar-refractivity contribution is 5.92. The number of benzene rings is 1. The maximum atomic E-state index is 13.2. The number of hydrogen-bond acceptors (Lipinski definition) is 5. The fourth-order valence-corrected chi connectivity index (χ4v) is 2.56. The van der Waals surface area contributed by atoms with Gasteiger partial charge in [0.2, 0.25) is 5.91 Å². The van der Waals surface area contributed by atoms with Crippen LogP contribution in [0.15, 0.2) is 24.3 Å². The molecule has 0 unspecified atom stereocenters. The van der Waals surface area contributed by atoms with Gasteiger partial charge in [0.1, 0.15) is 11.4 Å². The molecular weight excluding hydrogens is 381 g/mol. The zero-order chi connectivity index (χ0) is 22.2. The van der Waals surface area contributed by atoms with Crippen molar-refractivity contribution in [1.82, 2.24) is 10.6 Å². The van der Waals surface area contributed by atoms with Gasteiger partial charge < -0.3 is 15.4 Å². The summed E-state index contributed by atoms with van der Waals surface area (Å²) in [5, 5.41) is 16.5. The molecule has 1 aromatic carbocycles. The predicted molar refractivity (Wildman–Crippen MR) is 108 cm³/mol. The van der Waals surface area contributed by atoms with Crippen molar-refractivity contribution in [2.24, 2.45) is 0 Å². The van der Waals surface area contributed by atoms with Crippen LogP contribution < -0.4 is 10.6 Å². The molecule has 1 rings (SSSR count). The summed E-state index contributed by atoms with van der Waals surface area (Å²) in [6.45, 7) is 9.15. The Morgan fingerprint density at radius 1 is 1.24 bits per heavy atom. The average molecular weight is 409 g/mol.